The average molecular weight is 359 g/mol. The van der Waals surface area contributed by atoms with Crippen molar-refractivity contribution >= 4 is 21.3 Å². The van der Waals surface area contributed by atoms with Crippen molar-refractivity contribution in [1.82, 2.24) is 0 Å². The molecule has 5 heteroatoms. The summed E-state index contributed by atoms with van der Waals surface area (Å²) in [5.74, 6) is 0.0644. The Morgan fingerprint density at radius 3 is 2.32 bits per heavy atom. The lowest BCUT2D eigenvalue weighted by Crippen LogP contribution is -2.11. The Bertz CT molecular complexity index is 915. The lowest BCUT2D eigenvalue weighted by Gasteiger charge is -2.18. The fourth-order valence-corrected chi connectivity index (χ4v) is 4.14. The van der Waals surface area contributed by atoms with Crippen LogP contribution in [0.2, 0.25) is 0 Å². The molecule has 0 radical (unpaired) electrons. The van der Waals surface area contributed by atoms with Crippen LogP contribution in [0.25, 0.3) is 0 Å². The Kier molecular flexibility index (Phi) is 5.68. The van der Waals surface area contributed by atoms with E-state index in [2.05, 4.69) is 5.32 Å². The van der Waals surface area contributed by atoms with Crippen LogP contribution in [0.15, 0.2) is 30.3 Å². The molecule has 0 bridgehead atoms. The van der Waals surface area contributed by atoms with Gasteiger partial charge in [-0.25, -0.2) is 8.42 Å². The van der Waals surface area contributed by atoms with Gasteiger partial charge in [0.15, 0.2) is 15.6 Å². The molecule has 25 heavy (non-hydrogen) atoms. The van der Waals surface area contributed by atoms with Crippen molar-refractivity contribution in [3.8, 4) is 0 Å². The van der Waals surface area contributed by atoms with E-state index in [-0.39, 0.29) is 11.5 Å². The van der Waals surface area contributed by atoms with E-state index in [1.54, 1.807) is 6.92 Å². The quantitative estimate of drug-likeness (QED) is 0.793. The largest absolute Gasteiger partial charge is 0.381 e. The molecule has 2 aromatic carbocycles. The van der Waals surface area contributed by atoms with Gasteiger partial charge in [0.2, 0.25) is 0 Å². The summed E-state index contributed by atoms with van der Waals surface area (Å²) in [7, 11) is -3.11. The molecule has 0 fully saturated rings. The monoisotopic (exact) mass is 359 g/mol. The van der Waals surface area contributed by atoms with Crippen molar-refractivity contribution < 1.29 is 13.2 Å². The Morgan fingerprint density at radius 2 is 1.72 bits per heavy atom. The minimum absolute atomic E-state index is 0.000726. The van der Waals surface area contributed by atoms with Crippen LogP contribution in [0, 0.1) is 20.8 Å². The van der Waals surface area contributed by atoms with Gasteiger partial charge in [-0.1, -0.05) is 24.3 Å². The van der Waals surface area contributed by atoms with E-state index in [1.807, 2.05) is 51.1 Å². The molecule has 0 aliphatic carbocycles. The van der Waals surface area contributed by atoms with Crippen molar-refractivity contribution in [3.05, 3.63) is 63.7 Å². The molecule has 134 valence electrons. The summed E-state index contributed by atoms with van der Waals surface area (Å²) in [6.45, 7) is 8.08. The molecule has 1 N–H and O–H groups in total. The summed E-state index contributed by atoms with van der Waals surface area (Å²) in [6, 6.07) is 9.44. The Balaban J connectivity index is 2.35. The van der Waals surface area contributed by atoms with Crippen LogP contribution in [0.3, 0.4) is 0 Å². The smallest absolute Gasteiger partial charge is 0.160 e. The molecule has 0 aromatic heterocycles. The Labute approximate surface area is 150 Å². The van der Waals surface area contributed by atoms with Gasteiger partial charge in [0.25, 0.3) is 0 Å². The van der Waals surface area contributed by atoms with Crippen molar-refractivity contribution in [2.24, 2.45) is 0 Å². The predicted octanol–water partition coefficient (Wildman–Crippen LogP) is 3.97. The summed E-state index contributed by atoms with van der Waals surface area (Å²) in [6.07, 6.45) is 1.23. The van der Waals surface area contributed by atoms with Crippen molar-refractivity contribution in [2.45, 2.75) is 40.0 Å². The summed E-state index contributed by atoms with van der Waals surface area (Å²) >= 11 is 0. The second-order valence-corrected chi connectivity index (χ2v) is 8.77. The molecule has 2 aromatic rings. The van der Waals surface area contributed by atoms with Crippen LogP contribution in [0.5, 0.6) is 0 Å². The van der Waals surface area contributed by atoms with Crippen LogP contribution < -0.4 is 5.32 Å². The molecule has 0 amide bonds. The van der Waals surface area contributed by atoms with E-state index in [4.69, 9.17) is 0 Å². The fraction of sp³-hybridized carbons (Fsp3) is 0.350. The van der Waals surface area contributed by atoms with Crippen LogP contribution in [-0.2, 0) is 22.1 Å². The topological polar surface area (TPSA) is 63.2 Å². The van der Waals surface area contributed by atoms with Gasteiger partial charge in [0.1, 0.15) is 0 Å². The lowest BCUT2D eigenvalue weighted by molar-refractivity contribution is 0.101. The van der Waals surface area contributed by atoms with Crippen molar-refractivity contribution in [3.63, 3.8) is 0 Å². The van der Waals surface area contributed by atoms with Gasteiger partial charge in [-0.2, -0.15) is 0 Å². The Morgan fingerprint density at radius 1 is 1.08 bits per heavy atom. The maximum Gasteiger partial charge on any atom is 0.160 e. The van der Waals surface area contributed by atoms with E-state index >= 15 is 0 Å². The third-order valence-corrected chi connectivity index (χ3v) is 5.21. The summed E-state index contributed by atoms with van der Waals surface area (Å²) < 4.78 is 23.3. The zero-order valence-electron chi connectivity index (χ0n) is 15.4. The van der Waals surface area contributed by atoms with Crippen LogP contribution >= 0.6 is 0 Å². The number of anilines is 1. The first-order valence-electron chi connectivity index (χ1n) is 8.20. The SMILES string of the molecule is CC(=O)c1c(C)cc(C)c(CNc2ccccc2CS(C)(=O)=O)c1C. The van der Waals surface area contributed by atoms with Gasteiger partial charge in [-0.3, -0.25) is 4.79 Å². The fourth-order valence-electron chi connectivity index (χ4n) is 3.32. The molecule has 0 saturated heterocycles. The number of nitrogens with one attached hydrogen (secondary N) is 1. The van der Waals surface area contributed by atoms with E-state index in [9.17, 15) is 13.2 Å². The molecule has 2 rings (SSSR count). The first kappa shape index (κ1) is 19.2. The first-order chi connectivity index (χ1) is 11.6. The highest BCUT2D eigenvalue weighted by molar-refractivity contribution is 7.89. The number of benzene rings is 2. The molecule has 4 nitrogen and oxygen atoms in total. The van der Waals surface area contributed by atoms with Gasteiger partial charge < -0.3 is 5.32 Å². The number of rotatable bonds is 6. The molecule has 0 unspecified atom stereocenters. The Hall–Kier alpha value is -2.14. The van der Waals surface area contributed by atoms with Gasteiger partial charge in [0.05, 0.1) is 5.75 Å². The number of hydrogen-bond donors (Lipinski definition) is 1. The van der Waals surface area contributed by atoms with E-state index in [0.29, 0.717) is 6.54 Å². The van der Waals surface area contributed by atoms with E-state index in [0.717, 1.165) is 39.1 Å². The van der Waals surface area contributed by atoms with Crippen LogP contribution in [0.1, 0.15) is 45.1 Å². The maximum atomic E-state index is 11.9. The van der Waals surface area contributed by atoms with Crippen LogP contribution in [-0.4, -0.2) is 20.5 Å². The molecule has 0 atom stereocenters. The summed E-state index contributed by atoms with van der Waals surface area (Å²) in [5, 5.41) is 3.34. The summed E-state index contributed by atoms with van der Waals surface area (Å²) in [4.78, 5) is 11.9. The highest BCUT2D eigenvalue weighted by Gasteiger charge is 2.15. The van der Waals surface area contributed by atoms with Crippen molar-refractivity contribution in [2.75, 3.05) is 11.6 Å². The zero-order chi connectivity index (χ0) is 18.8. The molecular formula is C20H25NO3S. The number of hydrogen-bond acceptors (Lipinski definition) is 4. The number of Topliss-reactive ketones (excluding diaryl/α,β-unsaturated/α-hetero) is 1. The van der Waals surface area contributed by atoms with Crippen molar-refractivity contribution in [1.29, 1.82) is 0 Å². The van der Waals surface area contributed by atoms with E-state index in [1.165, 1.54) is 6.26 Å². The normalized spacial score (nSPS) is 11.4. The number of carbonyl (C=O) groups is 1. The second-order valence-electron chi connectivity index (χ2n) is 6.63. The standard InChI is InChI=1S/C20H25NO3S/c1-13-10-14(2)20(16(4)22)15(3)18(13)11-21-19-9-7-6-8-17(19)12-25(5,23)24/h6-10,21H,11-12H2,1-5H3. The van der Waals surface area contributed by atoms with Gasteiger partial charge in [-0.05, 0) is 61.6 Å². The number of aryl methyl sites for hydroxylation is 2. The zero-order valence-corrected chi connectivity index (χ0v) is 16.3. The van der Waals surface area contributed by atoms with Gasteiger partial charge in [0, 0.05) is 24.1 Å². The van der Waals surface area contributed by atoms with Gasteiger partial charge >= 0.3 is 0 Å². The maximum absolute atomic E-state index is 11.9. The number of ketones is 1. The highest BCUT2D eigenvalue weighted by atomic mass is 32.2. The minimum Gasteiger partial charge on any atom is -0.381 e. The third-order valence-electron chi connectivity index (χ3n) is 4.37. The molecule has 0 saturated carbocycles. The predicted molar refractivity (Wildman–Crippen MR) is 103 cm³/mol. The first-order valence-corrected chi connectivity index (χ1v) is 10.3. The van der Waals surface area contributed by atoms with Crippen LogP contribution in [0.4, 0.5) is 5.69 Å². The molecule has 0 aliphatic heterocycles. The summed E-state index contributed by atoms with van der Waals surface area (Å²) in [5.41, 5.74) is 6.49. The number of para-hydroxylation sites is 1. The second kappa shape index (κ2) is 7.40. The van der Waals surface area contributed by atoms with Gasteiger partial charge in [-0.15, -0.1) is 0 Å². The molecule has 0 heterocycles. The molecular weight excluding hydrogens is 334 g/mol. The molecule has 0 spiro atoms. The number of sulfone groups is 1. The van der Waals surface area contributed by atoms with E-state index < -0.39 is 9.84 Å². The number of carbonyl (C=O) groups excluding carboxylic acids is 1. The third kappa shape index (κ3) is 4.69. The lowest BCUT2D eigenvalue weighted by atomic mass is 9.91. The minimum atomic E-state index is -3.11. The molecule has 0 aliphatic rings. The highest BCUT2D eigenvalue weighted by Crippen LogP contribution is 2.25. The average Bonchev–Trinajstić information content (AvgIpc) is 2.46.